The first-order chi connectivity index (χ1) is 7.93. The first-order valence-corrected chi connectivity index (χ1v) is 6.91. The predicted octanol–water partition coefficient (Wildman–Crippen LogP) is 3.83. The Hall–Kier alpha value is 0.210. The molecule has 0 aliphatic carbocycles. The van der Waals surface area contributed by atoms with E-state index in [1.807, 2.05) is 12.4 Å². The average molecular weight is 246 g/mol. The molecular formula is C14H27N2Na. The standard InChI is InChI=1S/C14H26N2.Na.H/c1-2-3-4-5-6-7-8-9-10-11-14-15-12-13-16-14;;/h12-13H,2-11H2,1H3,(H,15,16);;. The van der Waals surface area contributed by atoms with Crippen LogP contribution in [0, 0.1) is 0 Å². The van der Waals surface area contributed by atoms with Gasteiger partial charge >= 0.3 is 29.6 Å². The molecule has 1 rings (SSSR count). The van der Waals surface area contributed by atoms with Crippen LogP contribution in [0.1, 0.15) is 70.5 Å². The molecular weight excluding hydrogens is 219 g/mol. The Morgan fingerprint density at radius 3 is 2.06 bits per heavy atom. The van der Waals surface area contributed by atoms with Gasteiger partial charge in [-0.1, -0.05) is 58.3 Å². The maximum atomic E-state index is 4.23. The van der Waals surface area contributed by atoms with E-state index in [1.165, 1.54) is 57.8 Å². The van der Waals surface area contributed by atoms with Gasteiger partial charge in [0.2, 0.25) is 0 Å². The molecule has 0 bridgehead atoms. The molecule has 0 aromatic carbocycles. The summed E-state index contributed by atoms with van der Waals surface area (Å²) in [5.74, 6) is 1.14. The van der Waals surface area contributed by atoms with Gasteiger partial charge in [0.05, 0.1) is 0 Å². The number of unbranched alkanes of at least 4 members (excludes halogenated alkanes) is 8. The van der Waals surface area contributed by atoms with Crippen LogP contribution in [0.2, 0.25) is 0 Å². The molecule has 1 aromatic heterocycles. The van der Waals surface area contributed by atoms with Crippen LogP contribution in [0.5, 0.6) is 0 Å². The van der Waals surface area contributed by atoms with Crippen LogP contribution in [-0.4, -0.2) is 39.5 Å². The molecule has 0 aliphatic heterocycles. The van der Waals surface area contributed by atoms with Gasteiger partial charge in [-0.2, -0.15) is 0 Å². The number of hydrogen-bond donors (Lipinski definition) is 1. The Morgan fingerprint density at radius 2 is 1.53 bits per heavy atom. The third-order valence-corrected chi connectivity index (χ3v) is 3.07. The molecule has 0 atom stereocenters. The second-order valence-electron chi connectivity index (χ2n) is 4.61. The third-order valence-electron chi connectivity index (χ3n) is 3.07. The molecule has 1 N–H and O–H groups in total. The number of rotatable bonds is 10. The van der Waals surface area contributed by atoms with Crippen LogP contribution >= 0.6 is 0 Å². The van der Waals surface area contributed by atoms with Gasteiger partial charge in [0, 0.05) is 18.8 Å². The summed E-state index contributed by atoms with van der Waals surface area (Å²) in [4.78, 5) is 7.38. The summed E-state index contributed by atoms with van der Waals surface area (Å²) < 4.78 is 0. The molecule has 0 radical (unpaired) electrons. The molecule has 1 heterocycles. The van der Waals surface area contributed by atoms with Crippen molar-refractivity contribution in [2.75, 3.05) is 0 Å². The van der Waals surface area contributed by atoms with E-state index < -0.39 is 0 Å². The monoisotopic (exact) mass is 246 g/mol. The van der Waals surface area contributed by atoms with E-state index in [1.54, 1.807) is 0 Å². The topological polar surface area (TPSA) is 28.7 Å². The number of nitrogens with one attached hydrogen (secondary N) is 1. The number of aromatic nitrogens is 2. The zero-order valence-electron chi connectivity index (χ0n) is 10.7. The first kappa shape index (κ1) is 17.2. The molecule has 0 saturated carbocycles. The number of hydrogen-bond acceptors (Lipinski definition) is 1. The van der Waals surface area contributed by atoms with Crippen LogP contribution < -0.4 is 0 Å². The van der Waals surface area contributed by atoms with E-state index in [-0.39, 0.29) is 29.6 Å². The molecule has 1 aromatic rings. The van der Waals surface area contributed by atoms with Gasteiger partial charge in [-0.05, 0) is 6.42 Å². The Balaban J connectivity index is 0.00000256. The fourth-order valence-electron chi connectivity index (χ4n) is 2.04. The van der Waals surface area contributed by atoms with Crippen LogP contribution in [0.15, 0.2) is 12.4 Å². The van der Waals surface area contributed by atoms with Gasteiger partial charge in [-0.15, -0.1) is 0 Å². The molecule has 0 amide bonds. The molecule has 0 spiro atoms. The molecule has 0 saturated heterocycles. The van der Waals surface area contributed by atoms with Crippen molar-refractivity contribution in [3.8, 4) is 0 Å². The minimum atomic E-state index is 0. The van der Waals surface area contributed by atoms with Crippen molar-refractivity contribution in [1.29, 1.82) is 0 Å². The van der Waals surface area contributed by atoms with Crippen molar-refractivity contribution >= 4 is 29.6 Å². The number of imidazole rings is 1. The van der Waals surface area contributed by atoms with Crippen molar-refractivity contribution in [2.45, 2.75) is 71.1 Å². The van der Waals surface area contributed by atoms with E-state index in [2.05, 4.69) is 16.9 Å². The molecule has 94 valence electrons. The van der Waals surface area contributed by atoms with Gasteiger partial charge in [0.15, 0.2) is 0 Å². The Morgan fingerprint density at radius 1 is 0.941 bits per heavy atom. The van der Waals surface area contributed by atoms with Gasteiger partial charge < -0.3 is 4.98 Å². The Labute approximate surface area is 128 Å². The SMILES string of the molecule is CCCCCCCCCCCc1ncc[nH]1.[NaH]. The summed E-state index contributed by atoms with van der Waals surface area (Å²) in [6.45, 7) is 2.27. The van der Waals surface area contributed by atoms with E-state index in [0.717, 1.165) is 12.2 Å². The molecule has 0 aliphatic rings. The van der Waals surface area contributed by atoms with Gasteiger partial charge in [0.25, 0.3) is 0 Å². The van der Waals surface area contributed by atoms with Crippen LogP contribution in [0.4, 0.5) is 0 Å². The quantitative estimate of drug-likeness (QED) is 0.493. The molecule has 0 fully saturated rings. The van der Waals surface area contributed by atoms with E-state index in [9.17, 15) is 0 Å². The summed E-state index contributed by atoms with van der Waals surface area (Å²) in [5, 5.41) is 0. The van der Waals surface area contributed by atoms with E-state index in [0.29, 0.717) is 0 Å². The van der Waals surface area contributed by atoms with Crippen LogP contribution in [0.25, 0.3) is 0 Å². The zero-order valence-corrected chi connectivity index (χ0v) is 10.7. The maximum absolute atomic E-state index is 4.23. The molecule has 2 nitrogen and oxygen atoms in total. The van der Waals surface area contributed by atoms with Crippen molar-refractivity contribution in [2.24, 2.45) is 0 Å². The van der Waals surface area contributed by atoms with E-state index >= 15 is 0 Å². The normalized spacial score (nSPS) is 10.2. The number of H-pyrrole nitrogens is 1. The molecule has 3 heteroatoms. The Kier molecular flexibility index (Phi) is 12.8. The number of nitrogens with zero attached hydrogens (tertiary/aromatic N) is 1. The summed E-state index contributed by atoms with van der Waals surface area (Å²) in [5.41, 5.74) is 0. The van der Waals surface area contributed by atoms with Gasteiger partial charge in [-0.3, -0.25) is 0 Å². The second-order valence-corrected chi connectivity index (χ2v) is 4.61. The fourth-order valence-corrected chi connectivity index (χ4v) is 2.04. The van der Waals surface area contributed by atoms with E-state index in [4.69, 9.17) is 0 Å². The summed E-state index contributed by atoms with van der Waals surface area (Å²) in [6.07, 6.45) is 17.4. The Bertz CT molecular complexity index is 234. The summed E-state index contributed by atoms with van der Waals surface area (Å²) in [7, 11) is 0. The molecule has 0 unspecified atom stereocenters. The third kappa shape index (κ3) is 9.87. The van der Waals surface area contributed by atoms with Crippen LogP contribution in [0.3, 0.4) is 0 Å². The average Bonchev–Trinajstić information content (AvgIpc) is 2.80. The van der Waals surface area contributed by atoms with Crippen molar-refractivity contribution in [1.82, 2.24) is 9.97 Å². The first-order valence-electron chi connectivity index (χ1n) is 6.91. The van der Waals surface area contributed by atoms with Gasteiger partial charge in [0.1, 0.15) is 5.82 Å². The second kappa shape index (κ2) is 12.7. The minimum absolute atomic E-state index is 0. The fraction of sp³-hybridized carbons (Fsp3) is 0.786. The zero-order chi connectivity index (χ0) is 11.5. The molecule has 17 heavy (non-hydrogen) atoms. The predicted molar refractivity (Wildman–Crippen MR) is 76.7 cm³/mol. The van der Waals surface area contributed by atoms with Gasteiger partial charge in [-0.25, -0.2) is 4.98 Å². The van der Waals surface area contributed by atoms with Crippen molar-refractivity contribution < 1.29 is 0 Å². The number of aryl methyl sites for hydroxylation is 1. The van der Waals surface area contributed by atoms with Crippen LogP contribution in [-0.2, 0) is 6.42 Å². The van der Waals surface area contributed by atoms with Crippen molar-refractivity contribution in [3.63, 3.8) is 0 Å². The number of aromatic amines is 1. The summed E-state index contributed by atoms with van der Waals surface area (Å²) in [6, 6.07) is 0. The summed E-state index contributed by atoms with van der Waals surface area (Å²) >= 11 is 0. The van der Waals surface area contributed by atoms with Crippen molar-refractivity contribution in [3.05, 3.63) is 18.2 Å².